The lowest BCUT2D eigenvalue weighted by molar-refractivity contribution is 0.103. The lowest BCUT2D eigenvalue weighted by Gasteiger charge is -2.10. The molecule has 0 aliphatic heterocycles. The third-order valence-electron chi connectivity index (χ3n) is 3.58. The minimum Gasteiger partial charge on any atom is -0.496 e. The molecule has 0 bridgehead atoms. The molecule has 22 heavy (non-hydrogen) atoms. The first-order valence-electron chi connectivity index (χ1n) is 7.13. The van der Waals surface area contributed by atoms with E-state index in [4.69, 9.17) is 4.74 Å². The molecule has 0 saturated carbocycles. The second-order valence-electron chi connectivity index (χ2n) is 4.98. The quantitative estimate of drug-likeness (QED) is 0.656. The summed E-state index contributed by atoms with van der Waals surface area (Å²) in [6, 6.07) is 24.8. The van der Waals surface area contributed by atoms with Gasteiger partial charge in [0.05, 0.1) is 7.11 Å². The van der Waals surface area contributed by atoms with E-state index >= 15 is 0 Å². The van der Waals surface area contributed by atoms with Crippen LogP contribution in [0.15, 0.2) is 78.9 Å². The maximum absolute atomic E-state index is 12.5. The maximum Gasteiger partial charge on any atom is 0.193 e. The summed E-state index contributed by atoms with van der Waals surface area (Å²) >= 11 is 0. The van der Waals surface area contributed by atoms with Gasteiger partial charge in [-0.15, -0.1) is 0 Å². The van der Waals surface area contributed by atoms with Gasteiger partial charge in [-0.05, 0) is 17.7 Å². The molecular formula is C20H16O2. The number of benzene rings is 3. The summed E-state index contributed by atoms with van der Waals surface area (Å²) in [5, 5.41) is 0. The highest BCUT2D eigenvalue weighted by atomic mass is 16.5. The summed E-state index contributed by atoms with van der Waals surface area (Å²) in [5.41, 5.74) is 3.35. The Balaban J connectivity index is 2.01. The van der Waals surface area contributed by atoms with Gasteiger partial charge in [0.15, 0.2) is 5.78 Å². The Morgan fingerprint density at radius 2 is 1.41 bits per heavy atom. The van der Waals surface area contributed by atoms with E-state index in [1.165, 1.54) is 0 Å². The SMILES string of the molecule is COc1cc(C(=O)c2ccccc2)ccc1-c1ccccc1. The molecule has 2 nitrogen and oxygen atoms in total. The third kappa shape index (κ3) is 2.77. The zero-order valence-corrected chi connectivity index (χ0v) is 12.3. The van der Waals surface area contributed by atoms with Crippen molar-refractivity contribution in [3.63, 3.8) is 0 Å². The van der Waals surface area contributed by atoms with E-state index in [0.717, 1.165) is 11.1 Å². The van der Waals surface area contributed by atoms with Crippen LogP contribution in [0.25, 0.3) is 11.1 Å². The zero-order chi connectivity index (χ0) is 15.4. The highest BCUT2D eigenvalue weighted by Crippen LogP contribution is 2.31. The molecule has 0 atom stereocenters. The summed E-state index contributed by atoms with van der Waals surface area (Å²) in [4.78, 5) is 12.5. The molecule has 0 fully saturated rings. The van der Waals surface area contributed by atoms with E-state index in [2.05, 4.69) is 0 Å². The second kappa shape index (κ2) is 6.27. The Kier molecular flexibility index (Phi) is 4.01. The van der Waals surface area contributed by atoms with Crippen molar-refractivity contribution in [2.75, 3.05) is 7.11 Å². The fraction of sp³-hybridized carbons (Fsp3) is 0.0500. The predicted octanol–water partition coefficient (Wildman–Crippen LogP) is 4.59. The number of hydrogen-bond acceptors (Lipinski definition) is 2. The molecule has 0 aromatic heterocycles. The van der Waals surface area contributed by atoms with Crippen molar-refractivity contribution in [1.29, 1.82) is 0 Å². The number of methoxy groups -OCH3 is 1. The van der Waals surface area contributed by atoms with E-state index < -0.39 is 0 Å². The largest absolute Gasteiger partial charge is 0.496 e. The molecule has 108 valence electrons. The topological polar surface area (TPSA) is 26.3 Å². The van der Waals surface area contributed by atoms with Gasteiger partial charge >= 0.3 is 0 Å². The fourth-order valence-corrected chi connectivity index (χ4v) is 2.44. The number of rotatable bonds is 4. The van der Waals surface area contributed by atoms with Crippen LogP contribution in [0.4, 0.5) is 0 Å². The average molecular weight is 288 g/mol. The normalized spacial score (nSPS) is 10.2. The van der Waals surface area contributed by atoms with Gasteiger partial charge in [0.2, 0.25) is 0 Å². The van der Waals surface area contributed by atoms with Crippen molar-refractivity contribution < 1.29 is 9.53 Å². The molecule has 0 saturated heterocycles. The summed E-state index contributed by atoms with van der Waals surface area (Å²) in [6.45, 7) is 0. The number of carbonyl (C=O) groups is 1. The van der Waals surface area contributed by atoms with E-state index in [9.17, 15) is 4.79 Å². The molecule has 0 aliphatic carbocycles. The van der Waals surface area contributed by atoms with E-state index in [0.29, 0.717) is 16.9 Å². The highest BCUT2D eigenvalue weighted by molar-refractivity contribution is 6.09. The first kappa shape index (κ1) is 14.1. The molecule has 0 heterocycles. The van der Waals surface area contributed by atoms with Gasteiger partial charge in [-0.25, -0.2) is 0 Å². The Morgan fingerprint density at radius 3 is 2.05 bits per heavy atom. The Morgan fingerprint density at radius 1 is 0.773 bits per heavy atom. The van der Waals surface area contributed by atoms with Crippen LogP contribution in [0.1, 0.15) is 15.9 Å². The van der Waals surface area contributed by atoms with E-state index in [1.807, 2.05) is 72.8 Å². The summed E-state index contributed by atoms with van der Waals surface area (Å²) in [6.07, 6.45) is 0. The van der Waals surface area contributed by atoms with Gasteiger partial charge in [0.25, 0.3) is 0 Å². The predicted molar refractivity (Wildman–Crippen MR) is 88.3 cm³/mol. The first-order valence-corrected chi connectivity index (χ1v) is 7.13. The average Bonchev–Trinajstić information content (AvgIpc) is 2.62. The highest BCUT2D eigenvalue weighted by Gasteiger charge is 2.12. The zero-order valence-electron chi connectivity index (χ0n) is 12.3. The lowest BCUT2D eigenvalue weighted by atomic mass is 9.98. The summed E-state index contributed by atoms with van der Waals surface area (Å²) in [7, 11) is 1.62. The third-order valence-corrected chi connectivity index (χ3v) is 3.58. The van der Waals surface area contributed by atoms with Crippen LogP contribution >= 0.6 is 0 Å². The maximum atomic E-state index is 12.5. The van der Waals surface area contributed by atoms with E-state index in [1.54, 1.807) is 13.2 Å². The van der Waals surface area contributed by atoms with Crippen LogP contribution in [-0.2, 0) is 0 Å². The molecular weight excluding hydrogens is 272 g/mol. The fourth-order valence-electron chi connectivity index (χ4n) is 2.44. The van der Waals surface area contributed by atoms with Gasteiger partial charge in [-0.3, -0.25) is 4.79 Å². The van der Waals surface area contributed by atoms with Crippen LogP contribution < -0.4 is 4.74 Å². The van der Waals surface area contributed by atoms with Gasteiger partial charge in [-0.2, -0.15) is 0 Å². The van der Waals surface area contributed by atoms with Gasteiger partial charge in [0.1, 0.15) is 5.75 Å². The Bertz CT molecular complexity index is 777. The van der Waals surface area contributed by atoms with Crippen molar-refractivity contribution in [1.82, 2.24) is 0 Å². The van der Waals surface area contributed by atoms with Crippen LogP contribution in [0.5, 0.6) is 5.75 Å². The summed E-state index contributed by atoms with van der Waals surface area (Å²) < 4.78 is 5.47. The van der Waals surface area contributed by atoms with Gasteiger partial charge in [-0.1, -0.05) is 66.7 Å². The van der Waals surface area contributed by atoms with Crippen LogP contribution in [0, 0.1) is 0 Å². The second-order valence-corrected chi connectivity index (χ2v) is 4.98. The Hall–Kier alpha value is -2.87. The molecule has 2 heteroatoms. The van der Waals surface area contributed by atoms with Crippen LogP contribution in [-0.4, -0.2) is 12.9 Å². The standard InChI is InChI=1S/C20H16O2/c1-22-19-14-17(20(21)16-10-6-3-7-11-16)12-13-18(19)15-8-4-2-5-9-15/h2-14H,1H3. The van der Waals surface area contributed by atoms with Crippen LogP contribution in [0.2, 0.25) is 0 Å². The number of ether oxygens (including phenoxy) is 1. The minimum absolute atomic E-state index is 0.00138. The molecule has 0 radical (unpaired) electrons. The molecule has 3 rings (SSSR count). The molecule has 0 spiro atoms. The van der Waals surface area contributed by atoms with Gasteiger partial charge in [0, 0.05) is 16.7 Å². The molecule has 0 amide bonds. The first-order chi connectivity index (χ1) is 10.8. The molecule has 3 aromatic carbocycles. The van der Waals surface area contributed by atoms with Crippen molar-refractivity contribution in [3.8, 4) is 16.9 Å². The van der Waals surface area contributed by atoms with Crippen molar-refractivity contribution >= 4 is 5.78 Å². The minimum atomic E-state index is -0.00138. The van der Waals surface area contributed by atoms with Crippen LogP contribution in [0.3, 0.4) is 0 Å². The number of carbonyl (C=O) groups excluding carboxylic acids is 1. The smallest absolute Gasteiger partial charge is 0.193 e. The molecule has 0 N–H and O–H groups in total. The Labute approximate surface area is 130 Å². The molecule has 0 unspecified atom stereocenters. The number of hydrogen-bond donors (Lipinski definition) is 0. The van der Waals surface area contributed by atoms with Crippen molar-refractivity contribution in [2.45, 2.75) is 0 Å². The monoisotopic (exact) mass is 288 g/mol. The van der Waals surface area contributed by atoms with Crippen molar-refractivity contribution in [3.05, 3.63) is 90.0 Å². The van der Waals surface area contributed by atoms with E-state index in [-0.39, 0.29) is 5.78 Å². The van der Waals surface area contributed by atoms with Crippen molar-refractivity contribution in [2.24, 2.45) is 0 Å². The lowest BCUT2D eigenvalue weighted by Crippen LogP contribution is -2.02. The molecule has 0 aliphatic rings. The van der Waals surface area contributed by atoms with Gasteiger partial charge < -0.3 is 4.74 Å². The number of ketones is 1. The molecule has 3 aromatic rings. The summed E-state index contributed by atoms with van der Waals surface area (Å²) in [5.74, 6) is 0.700.